The van der Waals surface area contributed by atoms with Gasteiger partial charge in [0.25, 0.3) is 10.0 Å². The van der Waals surface area contributed by atoms with E-state index >= 15 is 0 Å². The summed E-state index contributed by atoms with van der Waals surface area (Å²) in [4.78, 5) is 25.4. The van der Waals surface area contributed by atoms with E-state index in [1.807, 2.05) is 6.92 Å². The number of thiophene rings is 1. The number of sulfonamides is 1. The van der Waals surface area contributed by atoms with Crippen LogP contribution >= 0.6 is 22.7 Å². The number of hydrogen-bond donors (Lipinski definition) is 1. The van der Waals surface area contributed by atoms with E-state index in [2.05, 4.69) is 4.72 Å². The number of esters is 1. The first kappa shape index (κ1) is 20.1. The van der Waals surface area contributed by atoms with E-state index in [9.17, 15) is 18.0 Å². The van der Waals surface area contributed by atoms with E-state index in [0.29, 0.717) is 27.3 Å². The number of anilines is 1. The lowest BCUT2D eigenvalue weighted by Crippen LogP contribution is -2.15. The third-order valence-corrected chi connectivity index (χ3v) is 8.68. The molecule has 0 atom stereocenters. The molecule has 2 heterocycles. The van der Waals surface area contributed by atoms with Crippen LogP contribution in [0.2, 0.25) is 0 Å². The van der Waals surface area contributed by atoms with Crippen molar-refractivity contribution in [3.8, 4) is 0 Å². The molecule has 0 saturated heterocycles. The molecule has 0 fully saturated rings. The molecule has 1 N–H and O–H groups in total. The van der Waals surface area contributed by atoms with Gasteiger partial charge in [-0.2, -0.15) is 0 Å². The van der Waals surface area contributed by atoms with Crippen molar-refractivity contribution in [1.29, 1.82) is 0 Å². The number of nitrogens with one attached hydrogen (secondary N) is 1. The third kappa shape index (κ3) is 3.49. The lowest BCUT2D eigenvalue weighted by atomic mass is 9.95. The second-order valence-electron chi connectivity index (χ2n) is 6.75. The van der Waals surface area contributed by atoms with E-state index in [0.717, 1.165) is 47.5 Å². The first-order chi connectivity index (χ1) is 13.9. The zero-order chi connectivity index (χ0) is 20.8. The number of ether oxygens (including phenoxy) is 1. The smallest absolute Gasteiger partial charge is 0.341 e. The second-order valence-corrected chi connectivity index (χ2v) is 10.5. The van der Waals surface area contributed by atoms with Crippen LogP contribution in [0.4, 0.5) is 5.00 Å². The molecule has 29 heavy (non-hydrogen) atoms. The minimum absolute atomic E-state index is 0.0525. The highest BCUT2D eigenvalue weighted by molar-refractivity contribution is 7.93. The molecule has 0 radical (unpaired) electrons. The predicted octanol–water partition coefficient (Wildman–Crippen LogP) is 3.61. The van der Waals surface area contributed by atoms with Crippen LogP contribution in [-0.4, -0.2) is 26.1 Å². The van der Waals surface area contributed by atoms with Gasteiger partial charge in [0.1, 0.15) is 5.00 Å². The molecule has 0 unspecified atom stereocenters. The summed E-state index contributed by atoms with van der Waals surface area (Å²) >= 11 is 2.32. The molecule has 154 valence electrons. The maximum Gasteiger partial charge on any atom is 0.341 e. The minimum Gasteiger partial charge on any atom is -0.465 e. The summed E-state index contributed by atoms with van der Waals surface area (Å²) in [5.74, 6) is -0.532. The lowest BCUT2D eigenvalue weighted by molar-refractivity contribution is 0.0601. The number of aromatic nitrogens is 1. The van der Waals surface area contributed by atoms with Crippen LogP contribution in [0, 0.1) is 0 Å². The number of hydrogen-bond acceptors (Lipinski definition) is 7. The number of aryl methyl sites for hydroxylation is 2. The molecule has 1 aromatic carbocycles. The first-order valence-electron chi connectivity index (χ1n) is 9.24. The van der Waals surface area contributed by atoms with Gasteiger partial charge < -0.3 is 4.74 Å². The van der Waals surface area contributed by atoms with Gasteiger partial charge in [-0.1, -0.05) is 11.3 Å². The van der Waals surface area contributed by atoms with Crippen molar-refractivity contribution in [1.82, 2.24) is 4.57 Å². The number of carbonyl (C=O) groups excluding carboxylic acids is 1. The van der Waals surface area contributed by atoms with Gasteiger partial charge in [-0.15, -0.1) is 11.3 Å². The molecule has 2 aromatic heterocycles. The van der Waals surface area contributed by atoms with Gasteiger partial charge >= 0.3 is 10.8 Å². The van der Waals surface area contributed by atoms with Crippen LogP contribution in [0.25, 0.3) is 10.2 Å². The maximum atomic E-state index is 13.0. The molecule has 0 saturated carbocycles. The summed E-state index contributed by atoms with van der Waals surface area (Å²) < 4.78 is 35.8. The number of methoxy groups -OCH3 is 1. The molecule has 1 aliphatic rings. The van der Waals surface area contributed by atoms with Crippen molar-refractivity contribution in [3.05, 3.63) is 43.9 Å². The number of fused-ring (bicyclic) bond motifs is 2. The van der Waals surface area contributed by atoms with Crippen molar-refractivity contribution in [3.63, 3.8) is 0 Å². The van der Waals surface area contributed by atoms with Crippen molar-refractivity contribution < 1.29 is 17.9 Å². The lowest BCUT2D eigenvalue weighted by Gasteiger charge is -2.12. The van der Waals surface area contributed by atoms with Gasteiger partial charge in [0.15, 0.2) is 0 Å². The zero-order valence-electron chi connectivity index (χ0n) is 16.0. The Bertz CT molecular complexity index is 1270. The summed E-state index contributed by atoms with van der Waals surface area (Å²) in [6.45, 7) is 2.39. The Balaban J connectivity index is 1.76. The number of benzene rings is 1. The van der Waals surface area contributed by atoms with Crippen molar-refractivity contribution in [2.45, 2.75) is 44.0 Å². The minimum atomic E-state index is -3.93. The molecule has 4 rings (SSSR count). The Hall–Kier alpha value is -2.17. The van der Waals surface area contributed by atoms with Crippen LogP contribution in [0.5, 0.6) is 0 Å². The number of carbonyl (C=O) groups is 1. The molecule has 1 aliphatic carbocycles. The third-order valence-electron chi connectivity index (χ3n) is 5.05. The maximum absolute atomic E-state index is 13.0. The summed E-state index contributed by atoms with van der Waals surface area (Å²) in [6, 6.07) is 4.63. The Labute approximate surface area is 176 Å². The Morgan fingerprint density at radius 1 is 1.24 bits per heavy atom. The molecule has 7 nitrogen and oxygen atoms in total. The molecular formula is C19H20N2O5S3. The normalized spacial score (nSPS) is 14.0. The van der Waals surface area contributed by atoms with E-state index in [-0.39, 0.29) is 9.77 Å². The standard InChI is InChI=1S/C19H20N2O5S3/c1-3-21-13-9-8-11(10-15(13)28-19(21)23)29(24,25)20-17-16(18(22)26-2)12-6-4-5-7-14(12)27-17/h8-10,20H,3-7H2,1-2H3. The summed E-state index contributed by atoms with van der Waals surface area (Å²) in [7, 11) is -2.64. The SMILES string of the molecule is CCn1c(=O)sc2cc(S(=O)(=O)Nc3sc4c(c3C(=O)OC)CCCC4)ccc21. The average molecular weight is 453 g/mol. The zero-order valence-corrected chi connectivity index (χ0v) is 18.4. The molecule has 0 spiro atoms. The van der Waals surface area contributed by atoms with Crippen molar-refractivity contribution >= 4 is 53.9 Å². The van der Waals surface area contributed by atoms with Crippen LogP contribution in [0.1, 0.15) is 40.6 Å². The van der Waals surface area contributed by atoms with Gasteiger partial charge in [-0.05, 0) is 56.4 Å². The van der Waals surface area contributed by atoms with E-state index in [1.54, 1.807) is 10.6 Å². The molecule has 0 aliphatic heterocycles. The monoisotopic (exact) mass is 452 g/mol. The predicted molar refractivity (Wildman–Crippen MR) is 115 cm³/mol. The molecule has 0 amide bonds. The van der Waals surface area contributed by atoms with Crippen molar-refractivity contribution in [2.24, 2.45) is 0 Å². The molecule has 3 aromatic rings. The van der Waals surface area contributed by atoms with Crippen molar-refractivity contribution in [2.75, 3.05) is 11.8 Å². The van der Waals surface area contributed by atoms with Gasteiger partial charge in [0.2, 0.25) is 0 Å². The molecule has 0 bridgehead atoms. The molecule has 10 heteroatoms. The first-order valence-corrected chi connectivity index (χ1v) is 12.4. The van der Waals surface area contributed by atoms with Crippen LogP contribution in [0.3, 0.4) is 0 Å². The summed E-state index contributed by atoms with van der Waals surface area (Å²) in [6.07, 6.45) is 3.55. The fraction of sp³-hybridized carbons (Fsp3) is 0.368. The van der Waals surface area contributed by atoms with E-state index in [1.165, 1.54) is 30.6 Å². The highest BCUT2D eigenvalue weighted by Gasteiger charge is 2.29. The van der Waals surface area contributed by atoms with E-state index < -0.39 is 16.0 Å². The highest BCUT2D eigenvalue weighted by atomic mass is 32.2. The number of rotatable bonds is 5. The number of thiazole rings is 1. The topological polar surface area (TPSA) is 94.5 Å². The van der Waals surface area contributed by atoms with E-state index in [4.69, 9.17) is 4.74 Å². The fourth-order valence-corrected chi connectivity index (χ4v) is 7.33. The van der Waals surface area contributed by atoms with Crippen LogP contribution in [-0.2, 0) is 34.1 Å². The highest BCUT2D eigenvalue weighted by Crippen LogP contribution is 2.39. The Kier molecular flexibility index (Phi) is 5.26. The Morgan fingerprint density at radius 3 is 2.72 bits per heavy atom. The van der Waals surface area contributed by atoms with Gasteiger partial charge in [-0.3, -0.25) is 14.1 Å². The number of nitrogens with zero attached hydrogens (tertiary/aromatic N) is 1. The quantitative estimate of drug-likeness (QED) is 0.597. The Morgan fingerprint density at radius 2 is 2.00 bits per heavy atom. The second kappa shape index (κ2) is 7.58. The van der Waals surface area contributed by atoms with Crippen LogP contribution in [0.15, 0.2) is 27.9 Å². The van der Waals surface area contributed by atoms with Crippen LogP contribution < -0.4 is 9.60 Å². The summed E-state index contributed by atoms with van der Waals surface area (Å²) in [5, 5.41) is 0.295. The van der Waals surface area contributed by atoms with Gasteiger partial charge in [0, 0.05) is 11.4 Å². The van der Waals surface area contributed by atoms with Gasteiger partial charge in [0.05, 0.1) is 27.8 Å². The summed E-state index contributed by atoms with van der Waals surface area (Å²) in [5.41, 5.74) is 1.92. The molecular weight excluding hydrogens is 432 g/mol. The largest absolute Gasteiger partial charge is 0.465 e. The van der Waals surface area contributed by atoms with Gasteiger partial charge in [-0.25, -0.2) is 13.2 Å². The average Bonchev–Trinajstić information content (AvgIpc) is 3.22. The fourth-order valence-electron chi connectivity index (χ4n) is 3.65.